The lowest BCUT2D eigenvalue weighted by atomic mass is 10.0. The van der Waals surface area contributed by atoms with Crippen molar-refractivity contribution in [2.75, 3.05) is 13.1 Å². The zero-order valence-electron chi connectivity index (χ0n) is 14.9. The summed E-state index contributed by atoms with van der Waals surface area (Å²) >= 11 is 0. The van der Waals surface area contributed by atoms with Crippen LogP contribution in [0.15, 0.2) is 23.1 Å². The molecule has 25 heavy (non-hydrogen) atoms. The Morgan fingerprint density at radius 2 is 2.00 bits per heavy atom. The summed E-state index contributed by atoms with van der Waals surface area (Å²) in [6.07, 6.45) is 0.503. The number of hydrogen-bond acceptors (Lipinski definition) is 4. The van der Waals surface area contributed by atoms with Gasteiger partial charge in [-0.15, -0.1) is 0 Å². The van der Waals surface area contributed by atoms with Crippen LogP contribution in [0.3, 0.4) is 0 Å². The molecule has 0 unspecified atom stereocenters. The highest BCUT2D eigenvalue weighted by Crippen LogP contribution is 2.22. The number of amides is 2. The third kappa shape index (κ3) is 5.42. The van der Waals surface area contributed by atoms with Crippen molar-refractivity contribution < 1.29 is 18.3 Å². The standard InChI is InChI=1S/C17H27N3O4S/c1-12(2)19-17(22)20-9-7-14-4-5-16(10-15(14)11-20)25(23,24)18-8-6-13(3)21/h4-5,10,12-13,18,21H,6-9,11H2,1-3H3,(H,19,22)/t13-/m1/s1. The molecule has 3 N–H and O–H groups in total. The molecule has 8 heteroatoms. The molecule has 1 heterocycles. The Kier molecular flexibility index (Phi) is 6.42. The van der Waals surface area contributed by atoms with E-state index in [-0.39, 0.29) is 23.5 Å². The van der Waals surface area contributed by atoms with Gasteiger partial charge in [0, 0.05) is 25.7 Å². The number of rotatable bonds is 6. The topological polar surface area (TPSA) is 98.7 Å². The smallest absolute Gasteiger partial charge is 0.317 e. The Labute approximate surface area is 149 Å². The molecule has 0 saturated carbocycles. The molecule has 1 atom stereocenters. The predicted octanol–water partition coefficient (Wildman–Crippen LogP) is 1.21. The number of urea groups is 1. The summed E-state index contributed by atoms with van der Waals surface area (Å²) in [6, 6.07) is 4.96. The molecule has 0 aliphatic carbocycles. The first kappa shape index (κ1) is 19.7. The summed E-state index contributed by atoms with van der Waals surface area (Å²) < 4.78 is 27.2. The van der Waals surface area contributed by atoms with E-state index in [1.807, 2.05) is 19.9 Å². The Balaban J connectivity index is 2.12. The third-order valence-corrected chi connectivity index (χ3v) is 5.51. The van der Waals surface area contributed by atoms with Gasteiger partial charge in [-0.05, 0) is 56.9 Å². The second-order valence-corrected chi connectivity index (χ2v) is 8.51. The molecular formula is C17H27N3O4S. The summed E-state index contributed by atoms with van der Waals surface area (Å²) in [7, 11) is -3.63. The average Bonchev–Trinajstić information content (AvgIpc) is 2.52. The van der Waals surface area contributed by atoms with Gasteiger partial charge in [0.25, 0.3) is 0 Å². The highest BCUT2D eigenvalue weighted by molar-refractivity contribution is 7.89. The number of nitrogens with one attached hydrogen (secondary N) is 2. The van der Waals surface area contributed by atoms with E-state index in [1.165, 1.54) is 0 Å². The Hall–Kier alpha value is -1.64. The minimum absolute atomic E-state index is 0.0544. The SMILES string of the molecule is CC(C)NC(=O)N1CCc2ccc(S(=O)(=O)NCC[C@@H](C)O)cc2C1. The van der Waals surface area contributed by atoms with E-state index in [0.717, 1.165) is 11.1 Å². The van der Waals surface area contributed by atoms with Crippen molar-refractivity contribution >= 4 is 16.1 Å². The number of aliphatic hydroxyl groups is 1. The second-order valence-electron chi connectivity index (χ2n) is 6.74. The van der Waals surface area contributed by atoms with E-state index in [9.17, 15) is 18.3 Å². The lowest BCUT2D eigenvalue weighted by Crippen LogP contribution is -2.45. The fraction of sp³-hybridized carbons (Fsp3) is 0.588. The van der Waals surface area contributed by atoms with Crippen LogP contribution < -0.4 is 10.0 Å². The largest absolute Gasteiger partial charge is 0.393 e. The highest BCUT2D eigenvalue weighted by Gasteiger charge is 2.23. The molecule has 1 aliphatic heterocycles. The zero-order chi connectivity index (χ0) is 18.6. The van der Waals surface area contributed by atoms with Gasteiger partial charge in [-0.3, -0.25) is 0 Å². The first-order chi connectivity index (χ1) is 11.7. The van der Waals surface area contributed by atoms with Crippen molar-refractivity contribution in [3.8, 4) is 0 Å². The van der Waals surface area contributed by atoms with Gasteiger partial charge in [0.2, 0.25) is 10.0 Å². The zero-order valence-corrected chi connectivity index (χ0v) is 15.8. The van der Waals surface area contributed by atoms with Crippen LogP contribution in [-0.2, 0) is 23.0 Å². The van der Waals surface area contributed by atoms with Crippen molar-refractivity contribution in [2.24, 2.45) is 0 Å². The number of sulfonamides is 1. The van der Waals surface area contributed by atoms with Crippen LogP contribution in [0, 0.1) is 0 Å². The Morgan fingerprint density at radius 3 is 2.64 bits per heavy atom. The molecule has 0 radical (unpaired) electrons. The van der Waals surface area contributed by atoms with E-state index >= 15 is 0 Å². The maximum absolute atomic E-state index is 12.4. The third-order valence-electron chi connectivity index (χ3n) is 4.05. The summed E-state index contributed by atoms with van der Waals surface area (Å²) in [5.41, 5.74) is 1.92. The average molecular weight is 369 g/mol. The fourth-order valence-corrected chi connectivity index (χ4v) is 3.80. The number of carbonyl (C=O) groups excluding carboxylic acids is 1. The summed E-state index contributed by atoms with van der Waals surface area (Å²) in [6.45, 7) is 6.61. The molecule has 0 saturated heterocycles. The number of benzene rings is 1. The van der Waals surface area contributed by atoms with E-state index < -0.39 is 16.1 Å². The summed E-state index contributed by atoms with van der Waals surface area (Å²) in [5.74, 6) is 0. The Morgan fingerprint density at radius 1 is 1.28 bits per heavy atom. The van der Waals surface area contributed by atoms with Crippen molar-refractivity contribution in [3.05, 3.63) is 29.3 Å². The predicted molar refractivity (Wildman–Crippen MR) is 95.7 cm³/mol. The van der Waals surface area contributed by atoms with Gasteiger partial charge in [0.1, 0.15) is 0 Å². The van der Waals surface area contributed by atoms with Crippen LogP contribution in [0.4, 0.5) is 4.79 Å². The quantitative estimate of drug-likeness (QED) is 0.702. The minimum atomic E-state index is -3.63. The van der Waals surface area contributed by atoms with Gasteiger partial charge in [-0.25, -0.2) is 17.9 Å². The van der Waals surface area contributed by atoms with Gasteiger partial charge >= 0.3 is 6.03 Å². The van der Waals surface area contributed by atoms with Gasteiger partial charge in [-0.1, -0.05) is 6.07 Å². The van der Waals surface area contributed by atoms with Crippen molar-refractivity contribution in [3.63, 3.8) is 0 Å². The normalized spacial score (nSPS) is 15.8. The molecule has 140 valence electrons. The van der Waals surface area contributed by atoms with Crippen molar-refractivity contribution in [1.29, 1.82) is 0 Å². The molecule has 1 aliphatic rings. The lowest BCUT2D eigenvalue weighted by molar-refractivity contribution is 0.186. The molecule has 1 aromatic carbocycles. The van der Waals surface area contributed by atoms with Gasteiger partial charge in [0.05, 0.1) is 11.0 Å². The first-order valence-electron chi connectivity index (χ1n) is 8.54. The van der Waals surface area contributed by atoms with Crippen LogP contribution >= 0.6 is 0 Å². The van der Waals surface area contributed by atoms with E-state index in [2.05, 4.69) is 10.0 Å². The number of fused-ring (bicyclic) bond motifs is 1. The second kappa shape index (κ2) is 8.16. The van der Waals surface area contributed by atoms with Gasteiger partial charge < -0.3 is 15.3 Å². The van der Waals surface area contributed by atoms with E-state index in [4.69, 9.17) is 0 Å². The summed E-state index contributed by atoms with van der Waals surface area (Å²) in [5, 5.41) is 12.1. The van der Waals surface area contributed by atoms with Crippen LogP contribution in [0.2, 0.25) is 0 Å². The van der Waals surface area contributed by atoms with Crippen molar-refractivity contribution in [1.82, 2.24) is 14.9 Å². The molecular weight excluding hydrogens is 342 g/mol. The number of hydrogen-bond donors (Lipinski definition) is 3. The van der Waals surface area contributed by atoms with Crippen LogP contribution in [-0.4, -0.2) is 49.7 Å². The van der Waals surface area contributed by atoms with Crippen LogP contribution in [0.5, 0.6) is 0 Å². The molecule has 1 aromatic rings. The maximum atomic E-state index is 12.4. The number of carbonyl (C=O) groups is 1. The monoisotopic (exact) mass is 369 g/mol. The molecule has 0 bridgehead atoms. The Bertz CT molecular complexity index is 717. The van der Waals surface area contributed by atoms with Crippen LogP contribution in [0.1, 0.15) is 38.3 Å². The first-order valence-corrected chi connectivity index (χ1v) is 10.0. The maximum Gasteiger partial charge on any atom is 0.317 e. The summed E-state index contributed by atoms with van der Waals surface area (Å²) in [4.78, 5) is 14.0. The molecule has 0 aromatic heterocycles. The van der Waals surface area contributed by atoms with Gasteiger partial charge in [0.15, 0.2) is 0 Å². The van der Waals surface area contributed by atoms with E-state index in [1.54, 1.807) is 24.0 Å². The number of nitrogens with zero attached hydrogens (tertiary/aromatic N) is 1. The van der Waals surface area contributed by atoms with Crippen LogP contribution in [0.25, 0.3) is 0 Å². The molecule has 7 nitrogen and oxygen atoms in total. The number of aliphatic hydroxyl groups excluding tert-OH is 1. The lowest BCUT2D eigenvalue weighted by Gasteiger charge is -2.30. The van der Waals surface area contributed by atoms with Gasteiger partial charge in [-0.2, -0.15) is 0 Å². The van der Waals surface area contributed by atoms with E-state index in [0.29, 0.717) is 25.9 Å². The molecule has 2 amide bonds. The molecule has 2 rings (SSSR count). The molecule has 0 fully saturated rings. The molecule has 0 spiro atoms. The fourth-order valence-electron chi connectivity index (χ4n) is 2.70. The highest BCUT2D eigenvalue weighted by atomic mass is 32.2. The van der Waals surface area contributed by atoms with Crippen molar-refractivity contribution in [2.45, 2.75) is 57.2 Å². The minimum Gasteiger partial charge on any atom is -0.393 e.